The third kappa shape index (κ3) is 2.88. The van der Waals surface area contributed by atoms with Gasteiger partial charge in [0.05, 0.1) is 8.07 Å². The molecule has 0 bridgehead atoms. The van der Waals surface area contributed by atoms with Crippen molar-refractivity contribution >= 4 is 26.2 Å². The zero-order valence-electron chi connectivity index (χ0n) is 12.4. The molecular weight excluding hydrogens is 262 g/mol. The molecule has 0 aliphatic carbocycles. The van der Waals surface area contributed by atoms with Gasteiger partial charge in [-0.05, 0) is 5.04 Å². The normalized spacial score (nSPS) is 25.1. The fraction of sp³-hybridized carbons (Fsp3) is 0.769. The Labute approximate surface area is 115 Å². The molecule has 6 heteroatoms. The molecule has 1 rings (SSSR count). The summed E-state index contributed by atoms with van der Waals surface area (Å²) in [5, 5.41) is 2.53. The Kier molecular flexibility index (Phi) is 4.24. The predicted octanol–water partition coefficient (Wildman–Crippen LogP) is 1.70. The molecule has 1 heterocycles. The molecule has 0 saturated carbocycles. The molecular formula is C13H23NO4Si. The van der Waals surface area contributed by atoms with Crippen molar-refractivity contribution in [3.05, 3.63) is 0 Å². The number of esters is 1. The lowest BCUT2D eigenvalue weighted by molar-refractivity contribution is -0.168. The molecule has 1 fully saturated rings. The van der Waals surface area contributed by atoms with Gasteiger partial charge in [-0.15, -0.1) is 0 Å². The fourth-order valence-corrected chi connectivity index (χ4v) is 4.77. The largest absolute Gasteiger partial charge is 0.441 e. The van der Waals surface area contributed by atoms with Crippen LogP contribution in [-0.4, -0.2) is 32.5 Å². The van der Waals surface area contributed by atoms with E-state index in [9.17, 15) is 14.4 Å². The summed E-state index contributed by atoms with van der Waals surface area (Å²) in [4.78, 5) is 34.3. The minimum Gasteiger partial charge on any atom is -0.441 e. The summed E-state index contributed by atoms with van der Waals surface area (Å²) in [6, 6.07) is 0. The van der Waals surface area contributed by atoms with Crippen LogP contribution in [0, 0.1) is 5.92 Å². The number of amides is 1. The number of nitrogens with one attached hydrogen (secondary N) is 1. The molecule has 5 nitrogen and oxygen atoms in total. The number of carbonyl (C=O) groups is 3. The van der Waals surface area contributed by atoms with E-state index in [4.69, 9.17) is 4.74 Å². The Morgan fingerprint density at radius 3 is 2.26 bits per heavy atom. The van der Waals surface area contributed by atoms with Crippen LogP contribution in [0.3, 0.4) is 0 Å². The summed E-state index contributed by atoms with van der Waals surface area (Å²) in [5.74, 6) is -1.19. The first-order chi connectivity index (χ1) is 8.52. The smallest absolute Gasteiger partial charge is 0.304 e. The van der Waals surface area contributed by atoms with Gasteiger partial charge in [0, 0.05) is 12.5 Å². The van der Waals surface area contributed by atoms with Crippen LogP contribution in [-0.2, 0) is 19.1 Å². The van der Waals surface area contributed by atoms with Gasteiger partial charge in [0.2, 0.25) is 5.91 Å². The average molecular weight is 285 g/mol. The molecule has 0 radical (unpaired) electrons. The second kappa shape index (κ2) is 5.07. The van der Waals surface area contributed by atoms with Crippen LogP contribution < -0.4 is 5.32 Å². The third-order valence-corrected chi connectivity index (χ3v) is 10.5. The van der Waals surface area contributed by atoms with Crippen molar-refractivity contribution in [2.75, 3.05) is 0 Å². The van der Waals surface area contributed by atoms with Gasteiger partial charge >= 0.3 is 5.97 Å². The van der Waals surface area contributed by atoms with Crippen LogP contribution in [0.2, 0.25) is 23.7 Å². The van der Waals surface area contributed by atoms with Crippen molar-refractivity contribution in [3.8, 4) is 0 Å². The molecule has 0 aromatic heterocycles. The monoisotopic (exact) mass is 285 g/mol. The van der Waals surface area contributed by atoms with E-state index in [2.05, 4.69) is 39.2 Å². The molecule has 1 N–H and O–H groups in total. The van der Waals surface area contributed by atoms with Crippen LogP contribution in [0.25, 0.3) is 0 Å². The minimum atomic E-state index is -2.02. The van der Waals surface area contributed by atoms with Crippen LogP contribution >= 0.6 is 0 Å². The molecule has 3 atom stereocenters. The van der Waals surface area contributed by atoms with Crippen LogP contribution in [0.15, 0.2) is 0 Å². The SMILES string of the molecule is CC(=O)O[C@H]1NC(=O)[C@@H]1[C@H](C=O)[Si](C)(C)C(C)(C)C. The van der Waals surface area contributed by atoms with Gasteiger partial charge in [-0.1, -0.05) is 33.9 Å². The van der Waals surface area contributed by atoms with Crippen molar-refractivity contribution in [1.29, 1.82) is 0 Å². The van der Waals surface area contributed by atoms with Crippen molar-refractivity contribution in [3.63, 3.8) is 0 Å². The van der Waals surface area contributed by atoms with Gasteiger partial charge in [-0.3, -0.25) is 9.59 Å². The van der Waals surface area contributed by atoms with E-state index in [1.807, 2.05) is 0 Å². The Morgan fingerprint density at radius 1 is 1.42 bits per heavy atom. The first-order valence-corrected chi connectivity index (χ1v) is 9.53. The Hall–Kier alpha value is -1.17. The van der Waals surface area contributed by atoms with Gasteiger partial charge in [0.15, 0.2) is 6.23 Å². The number of hydrogen-bond donors (Lipinski definition) is 1. The van der Waals surface area contributed by atoms with Crippen molar-refractivity contribution in [2.24, 2.45) is 5.92 Å². The first kappa shape index (κ1) is 15.9. The molecule has 1 amide bonds. The first-order valence-electron chi connectivity index (χ1n) is 6.45. The molecule has 0 spiro atoms. The lowest BCUT2D eigenvalue weighted by Crippen LogP contribution is -2.65. The lowest BCUT2D eigenvalue weighted by atomic mass is 9.95. The van der Waals surface area contributed by atoms with E-state index in [0.717, 1.165) is 6.29 Å². The standard InChI is InChI=1S/C13H23NO4Si/c1-8(16)18-12-10(11(17)14-12)9(7-15)19(5,6)13(2,3)4/h7,9-10,12H,1-6H3,(H,14,17)/t9-,10-,12+/m0/s1. The molecule has 0 aromatic rings. The second-order valence-electron chi connectivity index (χ2n) is 6.70. The molecule has 19 heavy (non-hydrogen) atoms. The molecule has 1 aliphatic heterocycles. The van der Waals surface area contributed by atoms with Crippen molar-refractivity contribution < 1.29 is 19.1 Å². The Bertz CT molecular complexity index is 400. The van der Waals surface area contributed by atoms with E-state index < -0.39 is 26.2 Å². The molecule has 1 aliphatic rings. The summed E-state index contributed by atoms with van der Waals surface area (Å²) in [6.45, 7) is 11.8. The van der Waals surface area contributed by atoms with Crippen molar-refractivity contribution in [1.82, 2.24) is 5.32 Å². The van der Waals surface area contributed by atoms with Gasteiger partial charge in [-0.25, -0.2) is 0 Å². The summed E-state index contributed by atoms with van der Waals surface area (Å²) in [6.07, 6.45) is 0.214. The maximum Gasteiger partial charge on any atom is 0.304 e. The molecule has 0 unspecified atom stereocenters. The van der Waals surface area contributed by atoms with E-state index in [1.165, 1.54) is 6.92 Å². The fourth-order valence-electron chi connectivity index (χ4n) is 2.20. The summed E-state index contributed by atoms with van der Waals surface area (Å²) in [7, 11) is -2.02. The number of ether oxygens (including phenoxy) is 1. The zero-order chi connectivity index (χ0) is 15.0. The molecule has 108 valence electrons. The highest BCUT2D eigenvalue weighted by Gasteiger charge is 2.55. The zero-order valence-corrected chi connectivity index (χ0v) is 13.4. The molecule has 0 aromatic carbocycles. The van der Waals surface area contributed by atoms with E-state index in [1.54, 1.807) is 0 Å². The van der Waals surface area contributed by atoms with E-state index in [-0.39, 0.29) is 16.5 Å². The summed E-state index contributed by atoms with van der Waals surface area (Å²) < 4.78 is 5.05. The number of aldehydes is 1. The maximum atomic E-state index is 11.8. The highest BCUT2D eigenvalue weighted by Crippen LogP contribution is 2.47. The van der Waals surface area contributed by atoms with Crippen LogP contribution in [0.5, 0.6) is 0 Å². The Balaban J connectivity index is 2.99. The van der Waals surface area contributed by atoms with Gasteiger partial charge in [-0.2, -0.15) is 0 Å². The number of β-lactam (4-membered cyclic amide) rings is 1. The quantitative estimate of drug-likeness (QED) is 0.369. The Morgan fingerprint density at radius 2 is 1.95 bits per heavy atom. The summed E-state index contributed by atoms with van der Waals surface area (Å²) >= 11 is 0. The highest BCUT2D eigenvalue weighted by molar-refractivity contribution is 6.84. The van der Waals surface area contributed by atoms with Gasteiger partial charge in [0.1, 0.15) is 12.2 Å². The van der Waals surface area contributed by atoms with E-state index in [0.29, 0.717) is 0 Å². The van der Waals surface area contributed by atoms with E-state index >= 15 is 0 Å². The minimum absolute atomic E-state index is 0.0186. The molecule has 1 saturated heterocycles. The number of hydrogen-bond acceptors (Lipinski definition) is 4. The van der Waals surface area contributed by atoms with Crippen molar-refractivity contribution in [2.45, 2.75) is 57.6 Å². The van der Waals surface area contributed by atoms with Gasteiger partial charge in [0.25, 0.3) is 0 Å². The van der Waals surface area contributed by atoms with Crippen LogP contribution in [0.4, 0.5) is 0 Å². The van der Waals surface area contributed by atoms with Crippen LogP contribution in [0.1, 0.15) is 27.7 Å². The topological polar surface area (TPSA) is 72.5 Å². The maximum absolute atomic E-state index is 11.8. The predicted molar refractivity (Wildman–Crippen MR) is 74.2 cm³/mol. The number of rotatable bonds is 4. The lowest BCUT2D eigenvalue weighted by Gasteiger charge is -2.48. The number of carbonyl (C=O) groups excluding carboxylic acids is 3. The average Bonchev–Trinajstić information content (AvgIpc) is 2.22. The van der Waals surface area contributed by atoms with Gasteiger partial charge < -0.3 is 14.8 Å². The second-order valence-corrected chi connectivity index (χ2v) is 12.3. The summed E-state index contributed by atoms with van der Waals surface area (Å²) in [5.41, 5.74) is -0.356. The third-order valence-electron chi connectivity index (χ3n) is 4.51. The highest BCUT2D eigenvalue weighted by atomic mass is 28.3.